The zero-order valence-electron chi connectivity index (χ0n) is 16.4. The number of aliphatic imine (C=N–C) groups is 1. The van der Waals surface area contributed by atoms with E-state index in [4.69, 9.17) is 9.73 Å². The van der Waals surface area contributed by atoms with Crippen LogP contribution in [0.2, 0.25) is 0 Å². The maximum atomic E-state index is 11.7. The highest BCUT2D eigenvalue weighted by Crippen LogP contribution is 2.27. The summed E-state index contributed by atoms with van der Waals surface area (Å²) in [6, 6.07) is 8.17. The predicted molar refractivity (Wildman–Crippen MR) is 108 cm³/mol. The Morgan fingerprint density at radius 2 is 2.11 bits per heavy atom. The average Bonchev–Trinajstić information content (AvgIpc) is 3.05. The molecule has 1 amide bonds. The predicted octanol–water partition coefficient (Wildman–Crippen LogP) is 2.69. The van der Waals surface area contributed by atoms with Gasteiger partial charge in [0.1, 0.15) is 5.75 Å². The molecule has 27 heavy (non-hydrogen) atoms. The van der Waals surface area contributed by atoms with Gasteiger partial charge in [0.2, 0.25) is 5.91 Å². The number of hydrogen-bond donors (Lipinski definition) is 2. The molecule has 1 aliphatic heterocycles. The first-order valence-electron chi connectivity index (χ1n) is 10.3. The summed E-state index contributed by atoms with van der Waals surface area (Å²) >= 11 is 0. The third-order valence-corrected chi connectivity index (χ3v) is 5.14. The molecular weight excluding hydrogens is 340 g/mol. The summed E-state index contributed by atoms with van der Waals surface area (Å²) in [6.45, 7) is 6.00. The number of nitrogens with one attached hydrogen (secondary N) is 2. The van der Waals surface area contributed by atoms with Gasteiger partial charge in [-0.2, -0.15) is 0 Å². The normalized spacial score (nSPS) is 17.7. The molecule has 1 saturated heterocycles. The van der Waals surface area contributed by atoms with Gasteiger partial charge in [0.25, 0.3) is 0 Å². The molecule has 1 aromatic carbocycles. The average molecular weight is 373 g/mol. The molecule has 0 bridgehead atoms. The van der Waals surface area contributed by atoms with Gasteiger partial charge in [0.15, 0.2) is 5.96 Å². The molecule has 2 N–H and O–H groups in total. The van der Waals surface area contributed by atoms with Gasteiger partial charge in [-0.05, 0) is 45.1 Å². The summed E-state index contributed by atoms with van der Waals surface area (Å²) < 4.78 is 6.09. The summed E-state index contributed by atoms with van der Waals surface area (Å²) in [5, 5.41) is 6.66. The van der Waals surface area contributed by atoms with Crippen molar-refractivity contribution in [1.82, 2.24) is 15.5 Å². The lowest BCUT2D eigenvalue weighted by Crippen LogP contribution is -2.39. The largest absolute Gasteiger partial charge is 0.490 e. The lowest BCUT2D eigenvalue weighted by molar-refractivity contribution is -0.127. The monoisotopic (exact) mass is 372 g/mol. The van der Waals surface area contributed by atoms with Crippen molar-refractivity contribution in [2.45, 2.75) is 58.1 Å². The minimum atomic E-state index is 0.290. The lowest BCUT2D eigenvalue weighted by atomic mass is 9.96. The van der Waals surface area contributed by atoms with Crippen LogP contribution >= 0.6 is 0 Å². The molecule has 0 spiro atoms. The lowest BCUT2D eigenvalue weighted by Gasteiger charge is -2.27. The fraction of sp³-hybridized carbons (Fsp3) is 0.619. The second-order valence-electron chi connectivity index (χ2n) is 7.24. The van der Waals surface area contributed by atoms with Crippen molar-refractivity contribution in [2.24, 2.45) is 4.99 Å². The molecule has 1 saturated carbocycles. The number of nitrogens with zero attached hydrogens (tertiary/aromatic N) is 2. The molecule has 0 aromatic heterocycles. The van der Waals surface area contributed by atoms with Gasteiger partial charge in [0.05, 0.1) is 12.6 Å². The summed E-state index contributed by atoms with van der Waals surface area (Å²) in [7, 11) is 0. The Kier molecular flexibility index (Phi) is 7.36. The SMILES string of the molecule is CCNC(=NCc1ccccc1OC1CCC1)NCCCN1CCCC1=O. The van der Waals surface area contributed by atoms with E-state index >= 15 is 0 Å². The van der Waals surface area contributed by atoms with Crippen molar-refractivity contribution in [2.75, 3.05) is 26.2 Å². The number of carbonyl (C=O) groups excluding carboxylic acids is 1. The maximum absolute atomic E-state index is 11.7. The Morgan fingerprint density at radius 3 is 2.81 bits per heavy atom. The number of rotatable bonds is 9. The highest BCUT2D eigenvalue weighted by atomic mass is 16.5. The number of hydrogen-bond acceptors (Lipinski definition) is 3. The third kappa shape index (κ3) is 5.88. The van der Waals surface area contributed by atoms with Crippen LogP contribution in [0.5, 0.6) is 5.75 Å². The van der Waals surface area contributed by atoms with E-state index in [1.165, 1.54) is 6.42 Å². The fourth-order valence-corrected chi connectivity index (χ4v) is 3.34. The van der Waals surface area contributed by atoms with Crippen LogP contribution in [-0.2, 0) is 11.3 Å². The summed E-state index contributed by atoms with van der Waals surface area (Å²) in [4.78, 5) is 18.3. The molecule has 1 heterocycles. The molecule has 2 fully saturated rings. The summed E-state index contributed by atoms with van der Waals surface area (Å²) in [5.41, 5.74) is 1.12. The van der Waals surface area contributed by atoms with Crippen molar-refractivity contribution in [3.8, 4) is 5.75 Å². The number of benzene rings is 1. The molecule has 1 aliphatic carbocycles. The number of amides is 1. The van der Waals surface area contributed by atoms with Crippen LogP contribution in [0.1, 0.15) is 51.0 Å². The number of para-hydroxylation sites is 1. The molecule has 3 rings (SSSR count). The highest BCUT2D eigenvalue weighted by Gasteiger charge is 2.20. The van der Waals surface area contributed by atoms with Crippen LogP contribution in [0.3, 0.4) is 0 Å². The zero-order valence-corrected chi connectivity index (χ0v) is 16.4. The number of guanidine groups is 1. The maximum Gasteiger partial charge on any atom is 0.222 e. The molecule has 6 heteroatoms. The smallest absolute Gasteiger partial charge is 0.222 e. The van der Waals surface area contributed by atoms with Crippen LogP contribution in [0, 0.1) is 0 Å². The van der Waals surface area contributed by atoms with Gasteiger partial charge in [-0.25, -0.2) is 4.99 Å². The molecule has 1 aromatic rings. The number of carbonyl (C=O) groups is 1. The second kappa shape index (κ2) is 10.2. The molecule has 0 atom stereocenters. The Labute approximate surface area is 162 Å². The molecule has 2 aliphatic rings. The zero-order chi connectivity index (χ0) is 18.9. The van der Waals surface area contributed by atoms with Crippen molar-refractivity contribution in [3.63, 3.8) is 0 Å². The minimum absolute atomic E-state index is 0.290. The van der Waals surface area contributed by atoms with Gasteiger partial charge < -0.3 is 20.3 Å². The quantitative estimate of drug-likeness (QED) is 0.397. The standard InChI is InChI=1S/C21H32N4O2/c1-2-22-21(23-13-7-15-25-14-6-12-20(25)26)24-16-17-8-3-4-11-19(17)27-18-9-5-10-18/h3-4,8,11,18H,2,5-7,9-10,12-16H2,1H3,(H2,22,23,24). The first-order valence-corrected chi connectivity index (χ1v) is 10.3. The first-order chi connectivity index (χ1) is 13.3. The highest BCUT2D eigenvalue weighted by molar-refractivity contribution is 5.80. The van der Waals surface area contributed by atoms with E-state index in [0.717, 1.165) is 69.1 Å². The van der Waals surface area contributed by atoms with Crippen LogP contribution in [0.15, 0.2) is 29.3 Å². The van der Waals surface area contributed by atoms with E-state index in [1.807, 2.05) is 23.1 Å². The van der Waals surface area contributed by atoms with Gasteiger partial charge in [-0.15, -0.1) is 0 Å². The van der Waals surface area contributed by atoms with Gasteiger partial charge in [0, 0.05) is 38.2 Å². The molecule has 0 radical (unpaired) electrons. The van der Waals surface area contributed by atoms with Crippen molar-refractivity contribution >= 4 is 11.9 Å². The van der Waals surface area contributed by atoms with E-state index in [-0.39, 0.29) is 0 Å². The molecular formula is C21H32N4O2. The van der Waals surface area contributed by atoms with Crippen molar-refractivity contribution in [3.05, 3.63) is 29.8 Å². The Balaban J connectivity index is 1.48. The van der Waals surface area contributed by atoms with Crippen molar-refractivity contribution < 1.29 is 9.53 Å². The van der Waals surface area contributed by atoms with E-state index < -0.39 is 0 Å². The summed E-state index contributed by atoms with van der Waals surface area (Å²) in [5.74, 6) is 2.05. The van der Waals surface area contributed by atoms with Gasteiger partial charge in [-0.3, -0.25) is 4.79 Å². The molecule has 148 valence electrons. The van der Waals surface area contributed by atoms with Crippen molar-refractivity contribution in [1.29, 1.82) is 0 Å². The fourth-order valence-electron chi connectivity index (χ4n) is 3.34. The van der Waals surface area contributed by atoms with Gasteiger partial charge in [-0.1, -0.05) is 18.2 Å². The van der Waals surface area contributed by atoms with E-state index in [9.17, 15) is 4.79 Å². The van der Waals surface area contributed by atoms with Crippen LogP contribution in [-0.4, -0.2) is 49.0 Å². The minimum Gasteiger partial charge on any atom is -0.490 e. The first kappa shape index (κ1) is 19.5. The topological polar surface area (TPSA) is 66.0 Å². The van der Waals surface area contributed by atoms with Crippen LogP contribution in [0.25, 0.3) is 0 Å². The third-order valence-electron chi connectivity index (χ3n) is 5.14. The Morgan fingerprint density at radius 1 is 1.26 bits per heavy atom. The Hall–Kier alpha value is -2.24. The number of ether oxygens (including phenoxy) is 1. The van der Waals surface area contributed by atoms with E-state index in [1.54, 1.807) is 0 Å². The van der Waals surface area contributed by atoms with Crippen LogP contribution in [0.4, 0.5) is 0 Å². The molecule has 6 nitrogen and oxygen atoms in total. The Bertz CT molecular complexity index is 643. The van der Waals surface area contributed by atoms with E-state index in [2.05, 4.69) is 23.6 Å². The van der Waals surface area contributed by atoms with Gasteiger partial charge >= 0.3 is 0 Å². The van der Waals surface area contributed by atoms with E-state index in [0.29, 0.717) is 25.0 Å². The second-order valence-corrected chi connectivity index (χ2v) is 7.24. The molecule has 0 unspecified atom stereocenters. The van der Waals surface area contributed by atoms with Crippen LogP contribution < -0.4 is 15.4 Å². The summed E-state index contributed by atoms with van der Waals surface area (Å²) in [6.07, 6.45) is 6.58. The number of likely N-dealkylation sites (tertiary alicyclic amines) is 1.